The molecule has 0 bridgehead atoms. The van der Waals surface area contributed by atoms with Crippen LogP contribution in [0.2, 0.25) is 0 Å². The van der Waals surface area contributed by atoms with E-state index >= 15 is 0 Å². The number of esters is 1. The summed E-state index contributed by atoms with van der Waals surface area (Å²) in [5.41, 5.74) is 1.50. The van der Waals surface area contributed by atoms with E-state index in [0.717, 1.165) is 44.1 Å². The van der Waals surface area contributed by atoms with Crippen LogP contribution in [0.4, 0.5) is 18.9 Å². The first kappa shape index (κ1) is 18.9. The monoisotopic (exact) mass is 371 g/mol. The van der Waals surface area contributed by atoms with E-state index in [0.29, 0.717) is 12.3 Å². The molecular weight excluding hydrogens is 347 g/mol. The van der Waals surface area contributed by atoms with Gasteiger partial charge in [0.25, 0.3) is 0 Å². The maximum absolute atomic E-state index is 12.6. The maximum Gasteiger partial charge on any atom is 0.573 e. The van der Waals surface area contributed by atoms with E-state index in [2.05, 4.69) is 10.1 Å². The summed E-state index contributed by atoms with van der Waals surface area (Å²) < 4.78 is 47.1. The van der Waals surface area contributed by atoms with Crippen LogP contribution in [-0.2, 0) is 9.53 Å². The molecule has 0 amide bonds. The van der Waals surface area contributed by atoms with Gasteiger partial charge in [-0.25, -0.2) is 4.79 Å². The van der Waals surface area contributed by atoms with Gasteiger partial charge in [0, 0.05) is 5.69 Å². The van der Waals surface area contributed by atoms with Crippen molar-refractivity contribution >= 4 is 11.7 Å². The second-order valence-corrected chi connectivity index (χ2v) is 6.93. The average molecular weight is 371 g/mol. The maximum atomic E-state index is 12.6. The summed E-state index contributed by atoms with van der Waals surface area (Å²) in [5, 5.41) is 3.21. The molecule has 1 aromatic rings. The Bertz CT molecular complexity index is 647. The zero-order valence-corrected chi connectivity index (χ0v) is 14.8. The molecule has 1 aromatic carbocycles. The lowest BCUT2D eigenvalue weighted by atomic mass is 9.71. The van der Waals surface area contributed by atoms with Crippen molar-refractivity contribution in [3.8, 4) is 5.75 Å². The van der Waals surface area contributed by atoms with Gasteiger partial charge in [-0.3, -0.25) is 0 Å². The number of benzene rings is 1. The molecule has 1 aliphatic carbocycles. The lowest BCUT2D eigenvalue weighted by Gasteiger charge is -2.40. The number of carbonyl (C=O) groups excluding carboxylic acids is 1. The SMILES string of the molecule is CCOC(=O)C1Nc2ccc(OC(F)(F)F)cc2C2CCCCCCC12. The van der Waals surface area contributed by atoms with Crippen molar-refractivity contribution in [2.75, 3.05) is 11.9 Å². The molecule has 3 rings (SSSR count). The number of hydrogen-bond acceptors (Lipinski definition) is 4. The largest absolute Gasteiger partial charge is 0.573 e. The fraction of sp³-hybridized carbons (Fsp3) is 0.632. The van der Waals surface area contributed by atoms with Gasteiger partial charge in [-0.2, -0.15) is 0 Å². The highest BCUT2D eigenvalue weighted by Gasteiger charge is 2.41. The first-order valence-electron chi connectivity index (χ1n) is 9.22. The molecule has 144 valence electrons. The van der Waals surface area contributed by atoms with Crippen molar-refractivity contribution in [3.05, 3.63) is 23.8 Å². The number of alkyl halides is 3. The minimum atomic E-state index is -4.72. The minimum absolute atomic E-state index is 0.0167. The Hall–Kier alpha value is -1.92. The first-order valence-corrected chi connectivity index (χ1v) is 9.22. The molecule has 3 atom stereocenters. The van der Waals surface area contributed by atoms with Crippen LogP contribution >= 0.6 is 0 Å². The number of hydrogen-bond donors (Lipinski definition) is 1. The smallest absolute Gasteiger partial charge is 0.464 e. The second kappa shape index (κ2) is 7.76. The Morgan fingerprint density at radius 2 is 1.92 bits per heavy atom. The zero-order valence-electron chi connectivity index (χ0n) is 14.8. The summed E-state index contributed by atoms with van der Waals surface area (Å²) in [6.07, 6.45) is 1.21. The van der Waals surface area contributed by atoms with Gasteiger partial charge < -0.3 is 14.8 Å². The van der Waals surface area contributed by atoms with Crippen molar-refractivity contribution in [2.45, 2.75) is 63.8 Å². The topological polar surface area (TPSA) is 47.6 Å². The lowest BCUT2D eigenvalue weighted by molar-refractivity contribution is -0.274. The van der Waals surface area contributed by atoms with Crippen molar-refractivity contribution in [1.82, 2.24) is 0 Å². The van der Waals surface area contributed by atoms with Gasteiger partial charge in [-0.05, 0) is 55.4 Å². The Kier molecular flexibility index (Phi) is 5.63. The number of halogens is 3. The van der Waals surface area contributed by atoms with Crippen LogP contribution in [0.15, 0.2) is 18.2 Å². The Balaban J connectivity index is 1.95. The van der Waals surface area contributed by atoms with Crippen LogP contribution < -0.4 is 10.1 Å². The number of rotatable bonds is 3. The van der Waals surface area contributed by atoms with E-state index in [4.69, 9.17) is 4.74 Å². The molecule has 0 aromatic heterocycles. The number of ether oxygens (including phenoxy) is 2. The van der Waals surface area contributed by atoms with Crippen molar-refractivity contribution in [1.29, 1.82) is 0 Å². The number of nitrogens with one attached hydrogen (secondary N) is 1. The summed E-state index contributed by atoms with van der Waals surface area (Å²) in [5.74, 6) is -0.460. The standard InChI is InChI=1S/C19H24F3NO3/c1-2-25-18(24)17-14-8-6-4-3-5-7-13(14)15-11-12(26-19(20,21)22)9-10-16(15)23-17/h9-11,13-14,17,23H,2-8H2,1H3. The quantitative estimate of drug-likeness (QED) is 0.760. The van der Waals surface area contributed by atoms with Crippen molar-refractivity contribution in [3.63, 3.8) is 0 Å². The molecule has 1 fully saturated rings. The van der Waals surface area contributed by atoms with Gasteiger partial charge in [0.05, 0.1) is 6.61 Å². The molecule has 0 radical (unpaired) electrons. The molecule has 7 heteroatoms. The first-order chi connectivity index (χ1) is 12.4. The third-order valence-corrected chi connectivity index (χ3v) is 5.26. The van der Waals surface area contributed by atoms with Gasteiger partial charge >= 0.3 is 12.3 Å². The van der Waals surface area contributed by atoms with Gasteiger partial charge in [0.2, 0.25) is 0 Å². The Labute approximate surface area is 151 Å². The highest BCUT2D eigenvalue weighted by Crippen LogP contribution is 2.46. The summed E-state index contributed by atoms with van der Waals surface area (Å²) in [6, 6.07) is 3.86. The molecule has 2 aliphatic rings. The second-order valence-electron chi connectivity index (χ2n) is 6.93. The van der Waals surface area contributed by atoms with E-state index in [9.17, 15) is 18.0 Å². The third kappa shape index (κ3) is 4.24. The van der Waals surface area contributed by atoms with Crippen LogP contribution in [0.25, 0.3) is 0 Å². The van der Waals surface area contributed by atoms with Gasteiger partial charge in [0.1, 0.15) is 11.8 Å². The zero-order chi connectivity index (χ0) is 18.7. The lowest BCUT2D eigenvalue weighted by Crippen LogP contribution is -2.44. The van der Waals surface area contributed by atoms with E-state index in [1.807, 2.05) is 0 Å². The van der Waals surface area contributed by atoms with E-state index < -0.39 is 12.4 Å². The Morgan fingerprint density at radius 3 is 2.62 bits per heavy atom. The predicted molar refractivity (Wildman–Crippen MR) is 91.1 cm³/mol. The van der Waals surface area contributed by atoms with Crippen LogP contribution in [-0.4, -0.2) is 25.0 Å². The summed E-state index contributed by atoms with van der Waals surface area (Å²) in [6.45, 7) is 2.07. The highest BCUT2D eigenvalue weighted by molar-refractivity contribution is 5.82. The normalized spacial score (nSPS) is 25.8. The average Bonchev–Trinajstić information content (AvgIpc) is 2.53. The Morgan fingerprint density at radius 1 is 1.19 bits per heavy atom. The highest BCUT2D eigenvalue weighted by atomic mass is 19.4. The summed E-state index contributed by atoms with van der Waals surface area (Å²) in [4.78, 5) is 12.5. The van der Waals surface area contributed by atoms with E-state index in [1.54, 1.807) is 13.0 Å². The molecule has 1 aliphatic heterocycles. The predicted octanol–water partition coefficient (Wildman–Crippen LogP) is 5.00. The molecule has 1 N–H and O–H groups in total. The molecular formula is C19H24F3NO3. The molecule has 0 spiro atoms. The fourth-order valence-corrected chi connectivity index (χ4v) is 4.21. The van der Waals surface area contributed by atoms with Crippen molar-refractivity contribution in [2.24, 2.45) is 5.92 Å². The molecule has 3 unspecified atom stereocenters. The van der Waals surface area contributed by atoms with Crippen LogP contribution in [0.5, 0.6) is 5.75 Å². The van der Waals surface area contributed by atoms with Gasteiger partial charge in [-0.1, -0.05) is 25.7 Å². The fourth-order valence-electron chi connectivity index (χ4n) is 4.21. The van der Waals surface area contributed by atoms with E-state index in [-0.39, 0.29) is 23.6 Å². The number of anilines is 1. The summed E-state index contributed by atoms with van der Waals surface area (Å²) >= 11 is 0. The molecule has 26 heavy (non-hydrogen) atoms. The van der Waals surface area contributed by atoms with Crippen LogP contribution in [0.3, 0.4) is 0 Å². The molecule has 1 saturated carbocycles. The third-order valence-electron chi connectivity index (χ3n) is 5.26. The van der Waals surface area contributed by atoms with Crippen molar-refractivity contribution < 1.29 is 27.4 Å². The number of fused-ring (bicyclic) bond motifs is 3. The van der Waals surface area contributed by atoms with Crippen LogP contribution in [0, 0.1) is 5.92 Å². The summed E-state index contributed by atoms with van der Waals surface area (Å²) in [7, 11) is 0. The van der Waals surface area contributed by atoms with Gasteiger partial charge in [-0.15, -0.1) is 13.2 Å². The molecule has 1 heterocycles. The van der Waals surface area contributed by atoms with E-state index in [1.165, 1.54) is 12.1 Å². The minimum Gasteiger partial charge on any atom is -0.464 e. The molecule has 4 nitrogen and oxygen atoms in total. The van der Waals surface area contributed by atoms with Crippen LogP contribution in [0.1, 0.15) is 56.9 Å². The molecule has 0 saturated heterocycles. The number of carbonyl (C=O) groups is 1. The van der Waals surface area contributed by atoms with Gasteiger partial charge in [0.15, 0.2) is 0 Å².